The maximum Gasteiger partial charge on any atom is 0.435 e. The van der Waals surface area contributed by atoms with Crippen LogP contribution in [0.3, 0.4) is 0 Å². The Labute approximate surface area is 138 Å². The molecule has 2 aromatic heterocycles. The van der Waals surface area contributed by atoms with E-state index in [1.807, 2.05) is 6.92 Å². The smallest absolute Gasteiger partial charge is 0.355 e. The Morgan fingerprint density at radius 2 is 1.92 bits per heavy atom. The summed E-state index contributed by atoms with van der Waals surface area (Å²) in [4.78, 5) is 10.7. The number of hydrogen-bond acceptors (Lipinski definition) is 4. The van der Waals surface area contributed by atoms with Crippen LogP contribution in [-0.4, -0.2) is 26.8 Å². The van der Waals surface area contributed by atoms with Crippen LogP contribution in [0.25, 0.3) is 0 Å². The van der Waals surface area contributed by atoms with Gasteiger partial charge in [-0.15, -0.1) is 0 Å². The van der Waals surface area contributed by atoms with Crippen LogP contribution in [0.5, 0.6) is 0 Å². The van der Waals surface area contributed by atoms with Gasteiger partial charge in [-0.05, 0) is 32.6 Å². The first-order valence-electron chi connectivity index (χ1n) is 7.93. The highest BCUT2D eigenvalue weighted by Gasteiger charge is 2.37. The minimum atomic E-state index is -4.46. The summed E-state index contributed by atoms with van der Waals surface area (Å²) >= 11 is 0. The van der Waals surface area contributed by atoms with Crippen LogP contribution in [0.4, 0.5) is 19.0 Å². The SMILES string of the molecule is Cc1nc2c(c(N(C)Cc3cn(C)nc3C(F)(F)F)n1)CCCC2. The van der Waals surface area contributed by atoms with Crippen LogP contribution in [-0.2, 0) is 32.6 Å². The maximum absolute atomic E-state index is 13.1. The maximum atomic E-state index is 13.1. The van der Waals surface area contributed by atoms with Gasteiger partial charge in [-0.3, -0.25) is 4.68 Å². The predicted molar refractivity (Wildman–Crippen MR) is 83.7 cm³/mol. The summed E-state index contributed by atoms with van der Waals surface area (Å²) in [5.74, 6) is 1.38. The van der Waals surface area contributed by atoms with Crippen molar-refractivity contribution in [3.63, 3.8) is 0 Å². The van der Waals surface area contributed by atoms with E-state index in [1.54, 1.807) is 11.9 Å². The third-order valence-corrected chi connectivity index (χ3v) is 4.22. The third kappa shape index (κ3) is 3.22. The molecule has 130 valence electrons. The first kappa shape index (κ1) is 16.7. The molecule has 0 saturated carbocycles. The van der Waals surface area contributed by atoms with Gasteiger partial charge < -0.3 is 4.90 Å². The van der Waals surface area contributed by atoms with Crippen LogP contribution in [0.1, 0.15) is 41.2 Å². The van der Waals surface area contributed by atoms with Gasteiger partial charge in [0.25, 0.3) is 0 Å². The number of fused-ring (bicyclic) bond motifs is 1. The molecule has 24 heavy (non-hydrogen) atoms. The molecule has 2 aromatic rings. The number of alkyl halides is 3. The van der Waals surface area contributed by atoms with E-state index in [1.165, 1.54) is 17.9 Å². The minimum Gasteiger partial charge on any atom is -0.355 e. The first-order chi connectivity index (χ1) is 11.3. The Hall–Kier alpha value is -2.12. The van der Waals surface area contributed by atoms with E-state index >= 15 is 0 Å². The van der Waals surface area contributed by atoms with E-state index in [4.69, 9.17) is 0 Å². The van der Waals surface area contributed by atoms with Crippen molar-refractivity contribution in [1.29, 1.82) is 0 Å². The van der Waals surface area contributed by atoms with E-state index < -0.39 is 11.9 Å². The fourth-order valence-corrected chi connectivity index (χ4v) is 3.23. The number of aromatic nitrogens is 4. The van der Waals surface area contributed by atoms with Gasteiger partial charge in [-0.2, -0.15) is 18.3 Å². The van der Waals surface area contributed by atoms with Gasteiger partial charge in [0.1, 0.15) is 11.6 Å². The fraction of sp³-hybridized carbons (Fsp3) is 0.562. The number of rotatable bonds is 3. The van der Waals surface area contributed by atoms with Gasteiger partial charge >= 0.3 is 6.18 Å². The molecule has 0 amide bonds. The number of nitrogens with zero attached hydrogens (tertiary/aromatic N) is 5. The summed E-state index contributed by atoms with van der Waals surface area (Å²) in [5.41, 5.74) is 1.40. The minimum absolute atomic E-state index is 0.103. The largest absolute Gasteiger partial charge is 0.435 e. The van der Waals surface area contributed by atoms with Gasteiger partial charge in [0, 0.05) is 43.7 Å². The molecule has 0 N–H and O–H groups in total. The van der Waals surface area contributed by atoms with E-state index in [0.717, 1.165) is 42.8 Å². The summed E-state index contributed by atoms with van der Waals surface area (Å²) < 4.78 is 40.6. The zero-order valence-electron chi connectivity index (χ0n) is 14.0. The zero-order chi connectivity index (χ0) is 17.5. The molecule has 3 rings (SSSR count). The summed E-state index contributed by atoms with van der Waals surface area (Å²) in [6.45, 7) is 1.92. The summed E-state index contributed by atoms with van der Waals surface area (Å²) in [7, 11) is 3.26. The van der Waals surface area contributed by atoms with Gasteiger partial charge in [-0.1, -0.05) is 0 Å². The quantitative estimate of drug-likeness (QED) is 0.862. The molecule has 0 radical (unpaired) electrons. The number of hydrogen-bond donors (Lipinski definition) is 0. The molecule has 5 nitrogen and oxygen atoms in total. The molecular weight excluding hydrogens is 319 g/mol. The molecule has 1 aliphatic carbocycles. The number of halogens is 3. The number of anilines is 1. The van der Waals surface area contributed by atoms with Crippen molar-refractivity contribution in [2.24, 2.45) is 7.05 Å². The van der Waals surface area contributed by atoms with Crippen LogP contribution in [0.15, 0.2) is 6.20 Å². The Bertz CT molecular complexity index is 751. The standard InChI is InChI=1S/C16H20F3N5/c1-10-20-13-7-5-4-6-12(13)15(21-10)23(2)8-11-9-24(3)22-14(11)16(17,18)19/h9H,4-8H2,1-3H3. The molecule has 0 bridgehead atoms. The highest BCUT2D eigenvalue weighted by Crippen LogP contribution is 2.33. The molecule has 0 atom stereocenters. The van der Waals surface area contributed by atoms with Gasteiger partial charge in [-0.25, -0.2) is 9.97 Å². The second-order valence-corrected chi connectivity index (χ2v) is 6.26. The average molecular weight is 339 g/mol. The Balaban J connectivity index is 1.94. The van der Waals surface area contributed by atoms with Crippen molar-refractivity contribution in [3.8, 4) is 0 Å². The Morgan fingerprint density at radius 3 is 2.62 bits per heavy atom. The van der Waals surface area contributed by atoms with Gasteiger partial charge in [0.15, 0.2) is 5.69 Å². The van der Waals surface area contributed by atoms with Crippen molar-refractivity contribution in [2.75, 3.05) is 11.9 Å². The second kappa shape index (κ2) is 6.07. The topological polar surface area (TPSA) is 46.8 Å². The summed E-state index contributed by atoms with van der Waals surface area (Å²) in [5, 5.41) is 3.57. The van der Waals surface area contributed by atoms with Crippen LogP contribution >= 0.6 is 0 Å². The molecule has 0 unspecified atom stereocenters. The molecule has 0 spiro atoms. The van der Waals surface area contributed by atoms with E-state index in [9.17, 15) is 13.2 Å². The van der Waals surface area contributed by atoms with Crippen molar-refractivity contribution >= 4 is 5.82 Å². The summed E-state index contributed by atoms with van der Waals surface area (Å²) in [6.07, 6.45) is 0.876. The van der Waals surface area contributed by atoms with Gasteiger partial charge in [0.05, 0.1) is 0 Å². The average Bonchev–Trinajstić information content (AvgIpc) is 2.87. The number of aryl methyl sites for hydroxylation is 3. The zero-order valence-corrected chi connectivity index (χ0v) is 14.0. The van der Waals surface area contributed by atoms with Crippen molar-refractivity contribution in [3.05, 3.63) is 34.5 Å². The van der Waals surface area contributed by atoms with E-state index in [0.29, 0.717) is 5.82 Å². The lowest BCUT2D eigenvalue weighted by Crippen LogP contribution is -2.24. The lowest BCUT2D eigenvalue weighted by Gasteiger charge is -2.25. The van der Waals surface area contributed by atoms with Crippen molar-refractivity contribution < 1.29 is 13.2 Å². The fourth-order valence-electron chi connectivity index (χ4n) is 3.23. The molecular formula is C16H20F3N5. The normalized spacial score (nSPS) is 14.6. The monoisotopic (exact) mass is 339 g/mol. The Morgan fingerprint density at radius 1 is 1.21 bits per heavy atom. The Kier molecular flexibility index (Phi) is 4.23. The lowest BCUT2D eigenvalue weighted by atomic mass is 9.96. The van der Waals surface area contributed by atoms with Crippen LogP contribution < -0.4 is 4.90 Å². The van der Waals surface area contributed by atoms with E-state index in [2.05, 4.69) is 15.1 Å². The van der Waals surface area contributed by atoms with Crippen LogP contribution in [0, 0.1) is 6.92 Å². The third-order valence-electron chi connectivity index (χ3n) is 4.22. The predicted octanol–water partition coefficient (Wildman–Crippen LogP) is 3.05. The molecule has 0 fully saturated rings. The second-order valence-electron chi connectivity index (χ2n) is 6.26. The molecule has 0 aromatic carbocycles. The van der Waals surface area contributed by atoms with E-state index in [-0.39, 0.29) is 12.1 Å². The highest BCUT2D eigenvalue weighted by atomic mass is 19.4. The molecule has 0 aliphatic heterocycles. The van der Waals surface area contributed by atoms with Gasteiger partial charge in [0.2, 0.25) is 0 Å². The lowest BCUT2D eigenvalue weighted by molar-refractivity contribution is -0.142. The molecule has 8 heteroatoms. The van der Waals surface area contributed by atoms with Crippen LogP contribution in [0.2, 0.25) is 0 Å². The van der Waals surface area contributed by atoms with Crippen molar-refractivity contribution in [1.82, 2.24) is 19.7 Å². The molecule has 1 aliphatic rings. The highest BCUT2D eigenvalue weighted by molar-refractivity contribution is 5.50. The molecule has 0 saturated heterocycles. The summed E-state index contributed by atoms with van der Waals surface area (Å²) in [6, 6.07) is 0. The van der Waals surface area contributed by atoms with Crippen molar-refractivity contribution in [2.45, 2.75) is 45.3 Å². The molecule has 2 heterocycles. The first-order valence-corrected chi connectivity index (χ1v) is 7.93.